The first-order valence-corrected chi connectivity index (χ1v) is 5.96. The Morgan fingerprint density at radius 3 is 2.67 bits per heavy atom. The van der Waals surface area contributed by atoms with Crippen molar-refractivity contribution < 1.29 is 9.53 Å². The number of pyridine rings is 1. The number of ether oxygens (including phenoxy) is 1. The van der Waals surface area contributed by atoms with Crippen LogP contribution in [0.5, 0.6) is 0 Å². The minimum Gasteiger partial charge on any atom is -0.442 e. The lowest BCUT2D eigenvalue weighted by molar-refractivity contribution is 0.0523. The van der Waals surface area contributed by atoms with Crippen molar-refractivity contribution in [3.63, 3.8) is 0 Å². The zero-order valence-electron chi connectivity index (χ0n) is 10.1. The zero-order chi connectivity index (χ0) is 13.5. The molecule has 0 bridgehead atoms. The summed E-state index contributed by atoms with van der Waals surface area (Å²) in [7, 11) is 0. The highest BCUT2D eigenvalue weighted by molar-refractivity contribution is 6.36. The van der Waals surface area contributed by atoms with E-state index in [1.54, 1.807) is 20.8 Å². The lowest BCUT2D eigenvalue weighted by Gasteiger charge is -2.19. The first-order chi connectivity index (χ1) is 8.28. The minimum absolute atomic E-state index is 0.192. The zero-order valence-corrected chi connectivity index (χ0v) is 11.6. The molecule has 0 amide bonds. The van der Waals surface area contributed by atoms with Gasteiger partial charge in [-0.3, -0.25) is 0 Å². The summed E-state index contributed by atoms with van der Waals surface area (Å²) in [5, 5.41) is 4.88. The molecule has 2 heterocycles. The van der Waals surface area contributed by atoms with Crippen molar-refractivity contribution in [3.8, 4) is 0 Å². The number of carbonyl (C=O) groups is 1. The van der Waals surface area contributed by atoms with Crippen LogP contribution in [0.3, 0.4) is 0 Å². The highest BCUT2D eigenvalue weighted by Gasteiger charge is 2.21. The van der Waals surface area contributed by atoms with E-state index in [1.807, 2.05) is 0 Å². The van der Waals surface area contributed by atoms with Gasteiger partial charge in [-0.25, -0.2) is 9.78 Å². The number of aromatic nitrogens is 3. The predicted octanol–water partition coefficient (Wildman–Crippen LogP) is 3.52. The van der Waals surface area contributed by atoms with Gasteiger partial charge in [-0.05, 0) is 20.8 Å². The van der Waals surface area contributed by atoms with Crippen molar-refractivity contribution in [1.29, 1.82) is 0 Å². The number of nitrogens with zero attached hydrogens (tertiary/aromatic N) is 3. The Labute approximate surface area is 114 Å². The number of halogens is 2. The van der Waals surface area contributed by atoms with Crippen LogP contribution in [0.2, 0.25) is 10.3 Å². The third-order valence-electron chi connectivity index (χ3n) is 2.06. The molecule has 0 N–H and O–H groups in total. The Hall–Kier alpha value is -1.33. The van der Waals surface area contributed by atoms with E-state index < -0.39 is 11.7 Å². The first kappa shape index (κ1) is 13.1. The van der Waals surface area contributed by atoms with E-state index in [9.17, 15) is 4.79 Å². The van der Waals surface area contributed by atoms with E-state index in [2.05, 4.69) is 10.1 Å². The molecule has 0 aliphatic heterocycles. The molecule has 0 unspecified atom stereocenters. The summed E-state index contributed by atoms with van der Waals surface area (Å²) in [4.78, 5) is 15.8. The summed E-state index contributed by atoms with van der Waals surface area (Å²) in [6.07, 6.45) is 0.862. The lowest BCUT2D eigenvalue weighted by atomic mass is 10.2. The SMILES string of the molecule is CC(C)(C)OC(=O)n1ncc2c(Cl)nc(Cl)cc21. The molecule has 7 heteroatoms. The van der Waals surface area contributed by atoms with Crippen molar-refractivity contribution in [3.05, 3.63) is 22.6 Å². The van der Waals surface area contributed by atoms with Crippen LogP contribution in [0.15, 0.2) is 12.3 Å². The van der Waals surface area contributed by atoms with Gasteiger partial charge in [0.2, 0.25) is 0 Å². The molecule has 0 aliphatic carbocycles. The van der Waals surface area contributed by atoms with Gasteiger partial charge in [0.15, 0.2) is 0 Å². The third kappa shape index (κ3) is 2.57. The molecule has 0 spiro atoms. The van der Waals surface area contributed by atoms with Crippen LogP contribution in [0.1, 0.15) is 20.8 Å². The second kappa shape index (κ2) is 4.40. The molecule has 96 valence electrons. The highest BCUT2D eigenvalue weighted by atomic mass is 35.5. The van der Waals surface area contributed by atoms with E-state index in [-0.39, 0.29) is 10.3 Å². The van der Waals surface area contributed by atoms with Crippen LogP contribution in [-0.4, -0.2) is 26.5 Å². The fourth-order valence-corrected chi connectivity index (χ4v) is 1.87. The summed E-state index contributed by atoms with van der Waals surface area (Å²) in [6, 6.07) is 1.51. The second-order valence-corrected chi connectivity index (χ2v) is 5.45. The molecule has 2 aromatic rings. The van der Waals surface area contributed by atoms with Crippen LogP contribution in [-0.2, 0) is 4.74 Å². The van der Waals surface area contributed by atoms with Crippen LogP contribution in [0.25, 0.3) is 10.9 Å². The van der Waals surface area contributed by atoms with Gasteiger partial charge in [0.05, 0.1) is 17.1 Å². The van der Waals surface area contributed by atoms with Gasteiger partial charge in [0.1, 0.15) is 15.9 Å². The first-order valence-electron chi connectivity index (χ1n) is 5.21. The van der Waals surface area contributed by atoms with E-state index >= 15 is 0 Å². The molecule has 0 saturated carbocycles. The monoisotopic (exact) mass is 287 g/mol. The Bertz CT molecular complexity index is 617. The number of rotatable bonds is 0. The van der Waals surface area contributed by atoms with Gasteiger partial charge >= 0.3 is 6.09 Å². The number of fused-ring (bicyclic) bond motifs is 1. The van der Waals surface area contributed by atoms with Crippen molar-refractivity contribution in [2.75, 3.05) is 0 Å². The van der Waals surface area contributed by atoms with E-state index in [0.29, 0.717) is 10.9 Å². The molecular weight excluding hydrogens is 277 g/mol. The van der Waals surface area contributed by atoms with Crippen LogP contribution >= 0.6 is 23.2 Å². The molecule has 0 aliphatic rings. The van der Waals surface area contributed by atoms with Crippen LogP contribution in [0, 0.1) is 0 Å². The highest BCUT2D eigenvalue weighted by Crippen LogP contribution is 2.25. The van der Waals surface area contributed by atoms with E-state index in [1.165, 1.54) is 12.3 Å². The van der Waals surface area contributed by atoms with Gasteiger partial charge in [0, 0.05) is 6.07 Å². The fraction of sp³-hybridized carbons (Fsp3) is 0.364. The number of hydrogen-bond donors (Lipinski definition) is 0. The molecule has 5 nitrogen and oxygen atoms in total. The molecule has 0 aromatic carbocycles. The second-order valence-electron chi connectivity index (χ2n) is 4.71. The lowest BCUT2D eigenvalue weighted by Crippen LogP contribution is -2.27. The molecule has 2 aromatic heterocycles. The van der Waals surface area contributed by atoms with Crippen molar-refractivity contribution in [2.45, 2.75) is 26.4 Å². The minimum atomic E-state index is -0.601. The fourth-order valence-electron chi connectivity index (χ4n) is 1.41. The van der Waals surface area contributed by atoms with E-state index in [4.69, 9.17) is 27.9 Å². The average Bonchev–Trinajstić information content (AvgIpc) is 2.58. The summed E-state index contributed by atoms with van der Waals surface area (Å²) in [5.41, 5.74) is -0.134. The van der Waals surface area contributed by atoms with Crippen molar-refractivity contribution in [2.24, 2.45) is 0 Å². The summed E-state index contributed by atoms with van der Waals surface area (Å²) in [6.45, 7) is 5.33. The van der Waals surface area contributed by atoms with Gasteiger partial charge in [-0.15, -0.1) is 0 Å². The maximum Gasteiger partial charge on any atom is 0.435 e. The third-order valence-corrected chi connectivity index (χ3v) is 2.54. The van der Waals surface area contributed by atoms with Gasteiger partial charge in [-0.1, -0.05) is 23.2 Å². The maximum atomic E-state index is 11.9. The van der Waals surface area contributed by atoms with Crippen LogP contribution < -0.4 is 0 Å². The van der Waals surface area contributed by atoms with Gasteiger partial charge in [0.25, 0.3) is 0 Å². The summed E-state index contributed by atoms with van der Waals surface area (Å²) < 4.78 is 6.34. The van der Waals surface area contributed by atoms with E-state index in [0.717, 1.165) is 4.68 Å². The topological polar surface area (TPSA) is 57.0 Å². The normalized spacial score (nSPS) is 11.8. The molecule has 18 heavy (non-hydrogen) atoms. The van der Waals surface area contributed by atoms with Gasteiger partial charge in [-0.2, -0.15) is 9.78 Å². The molecule has 2 rings (SSSR count). The quantitative estimate of drug-likeness (QED) is 0.696. The Morgan fingerprint density at radius 1 is 1.39 bits per heavy atom. The Balaban J connectivity index is 2.49. The predicted molar refractivity (Wildman–Crippen MR) is 69.2 cm³/mol. The molecule has 0 atom stereocenters. The van der Waals surface area contributed by atoms with Crippen molar-refractivity contribution >= 4 is 40.2 Å². The molecule has 0 fully saturated rings. The van der Waals surface area contributed by atoms with Crippen LogP contribution in [0.4, 0.5) is 4.79 Å². The Kier molecular flexibility index (Phi) is 3.21. The number of carbonyl (C=O) groups excluding carboxylic acids is 1. The maximum absolute atomic E-state index is 11.9. The smallest absolute Gasteiger partial charge is 0.435 e. The molecule has 0 saturated heterocycles. The largest absolute Gasteiger partial charge is 0.442 e. The van der Waals surface area contributed by atoms with Crippen molar-refractivity contribution in [1.82, 2.24) is 14.8 Å². The number of hydrogen-bond acceptors (Lipinski definition) is 4. The standard InChI is InChI=1S/C11H11Cl2N3O2/c1-11(2,3)18-10(17)16-7-4-8(12)15-9(13)6(7)5-14-16/h4-5H,1-3H3. The molecular formula is C11H11Cl2N3O2. The molecule has 0 radical (unpaired) electrons. The summed E-state index contributed by atoms with van der Waals surface area (Å²) in [5.74, 6) is 0. The Morgan fingerprint density at radius 2 is 2.06 bits per heavy atom. The summed E-state index contributed by atoms with van der Waals surface area (Å²) >= 11 is 11.7. The van der Waals surface area contributed by atoms with Gasteiger partial charge < -0.3 is 4.74 Å². The average molecular weight is 288 g/mol.